The van der Waals surface area contributed by atoms with E-state index in [-0.39, 0.29) is 5.78 Å². The van der Waals surface area contributed by atoms with Crippen LogP contribution < -0.4 is 9.47 Å². The molecule has 0 aromatic heterocycles. The predicted molar refractivity (Wildman–Crippen MR) is 113 cm³/mol. The number of benzene rings is 3. The number of hydrogen-bond acceptors (Lipinski definition) is 3. The number of carbonyl (C=O) groups is 1. The molecule has 0 saturated carbocycles. The van der Waals surface area contributed by atoms with E-state index in [0.29, 0.717) is 29.4 Å². The van der Waals surface area contributed by atoms with E-state index in [1.165, 1.54) is 0 Å². The molecule has 0 radical (unpaired) electrons. The normalized spacial score (nSPS) is 14.3. The van der Waals surface area contributed by atoms with Crippen LogP contribution in [0.3, 0.4) is 0 Å². The molecular weight excluding hydrogens is 416 g/mol. The number of rotatable bonds is 5. The molecule has 0 N–H and O–H groups in total. The van der Waals surface area contributed by atoms with Gasteiger partial charge in [-0.1, -0.05) is 70.5 Å². The summed E-state index contributed by atoms with van der Waals surface area (Å²) in [5.41, 5.74) is 2.67. The lowest BCUT2D eigenvalue weighted by atomic mass is 10.1. The second kappa shape index (κ2) is 8.28. The molecule has 0 unspecified atom stereocenters. The zero-order valence-electron chi connectivity index (χ0n) is 15.0. The van der Waals surface area contributed by atoms with Crippen LogP contribution in [0, 0.1) is 0 Å². The maximum absolute atomic E-state index is 12.5. The van der Waals surface area contributed by atoms with Gasteiger partial charge in [0.2, 0.25) is 5.78 Å². The molecule has 0 fully saturated rings. The quantitative estimate of drug-likeness (QED) is 0.450. The summed E-state index contributed by atoms with van der Waals surface area (Å²) in [6.07, 6.45) is 5.44. The molecule has 0 spiro atoms. The third-order valence-corrected chi connectivity index (χ3v) is 4.82. The van der Waals surface area contributed by atoms with Crippen molar-refractivity contribution in [1.29, 1.82) is 0 Å². The number of carbonyl (C=O) groups excluding carboxylic acids is 1. The van der Waals surface area contributed by atoms with Gasteiger partial charge in [-0.05, 0) is 41.5 Å². The highest BCUT2D eigenvalue weighted by Crippen LogP contribution is 2.34. The number of hydrogen-bond donors (Lipinski definition) is 0. The topological polar surface area (TPSA) is 35.5 Å². The van der Waals surface area contributed by atoms with Crippen molar-refractivity contribution in [1.82, 2.24) is 0 Å². The molecule has 0 saturated heterocycles. The average Bonchev–Trinajstić information content (AvgIpc) is 3.03. The number of halogens is 1. The molecule has 0 bridgehead atoms. The monoisotopic (exact) mass is 432 g/mol. The Bertz CT molecular complexity index is 1050. The smallest absolute Gasteiger partial charge is 0.231 e. The van der Waals surface area contributed by atoms with Gasteiger partial charge in [0.05, 0.1) is 5.56 Å². The third-order valence-electron chi connectivity index (χ3n) is 4.30. The highest BCUT2D eigenvalue weighted by atomic mass is 79.9. The standard InChI is InChI=1S/C24H17BrO3/c25-19-11-9-18(10-12-19)16-27-20-13-14-21-23(15-20)28-22(24(21)26)8-4-7-17-5-2-1-3-6-17/h1-15H,16H2/b7-4+,22-8-. The van der Waals surface area contributed by atoms with Gasteiger partial charge in [-0.3, -0.25) is 4.79 Å². The zero-order valence-corrected chi connectivity index (χ0v) is 16.6. The van der Waals surface area contributed by atoms with E-state index in [2.05, 4.69) is 15.9 Å². The van der Waals surface area contributed by atoms with Gasteiger partial charge in [0.25, 0.3) is 0 Å². The summed E-state index contributed by atoms with van der Waals surface area (Å²) in [6.45, 7) is 0.447. The highest BCUT2D eigenvalue weighted by molar-refractivity contribution is 9.10. The maximum Gasteiger partial charge on any atom is 0.231 e. The third kappa shape index (κ3) is 4.24. The lowest BCUT2D eigenvalue weighted by Crippen LogP contribution is -1.97. The van der Waals surface area contributed by atoms with Crippen molar-refractivity contribution in [3.05, 3.63) is 112 Å². The van der Waals surface area contributed by atoms with E-state index >= 15 is 0 Å². The van der Waals surface area contributed by atoms with Gasteiger partial charge in [0.15, 0.2) is 5.76 Å². The van der Waals surface area contributed by atoms with E-state index < -0.39 is 0 Å². The number of fused-ring (bicyclic) bond motifs is 1. The van der Waals surface area contributed by atoms with Crippen molar-refractivity contribution in [2.24, 2.45) is 0 Å². The molecule has 3 nitrogen and oxygen atoms in total. The van der Waals surface area contributed by atoms with Crippen LogP contribution in [0.2, 0.25) is 0 Å². The van der Waals surface area contributed by atoms with Gasteiger partial charge in [-0.15, -0.1) is 0 Å². The molecule has 1 aliphatic heterocycles. The number of ketones is 1. The van der Waals surface area contributed by atoms with Crippen LogP contribution in [0.25, 0.3) is 6.08 Å². The van der Waals surface area contributed by atoms with E-state index in [9.17, 15) is 4.79 Å². The van der Waals surface area contributed by atoms with Gasteiger partial charge >= 0.3 is 0 Å². The summed E-state index contributed by atoms with van der Waals surface area (Å²) in [5, 5.41) is 0. The van der Waals surface area contributed by atoms with Crippen LogP contribution in [0.15, 0.2) is 95.2 Å². The Balaban J connectivity index is 1.44. The summed E-state index contributed by atoms with van der Waals surface area (Å²) in [7, 11) is 0. The van der Waals surface area contributed by atoms with Crippen LogP contribution in [0.4, 0.5) is 0 Å². The summed E-state index contributed by atoms with van der Waals surface area (Å²) >= 11 is 3.42. The largest absolute Gasteiger partial charge is 0.489 e. The van der Waals surface area contributed by atoms with Crippen LogP contribution in [-0.4, -0.2) is 5.78 Å². The minimum absolute atomic E-state index is 0.118. The fourth-order valence-electron chi connectivity index (χ4n) is 2.83. The molecule has 0 amide bonds. The summed E-state index contributed by atoms with van der Waals surface area (Å²) in [5.74, 6) is 1.38. The predicted octanol–water partition coefficient (Wildman–Crippen LogP) is 6.20. The number of allylic oxidation sites excluding steroid dienone is 3. The average molecular weight is 433 g/mol. The molecule has 138 valence electrons. The highest BCUT2D eigenvalue weighted by Gasteiger charge is 2.27. The number of Topliss-reactive ketones (excluding diaryl/α,β-unsaturated/α-hetero) is 1. The van der Waals surface area contributed by atoms with Crippen molar-refractivity contribution in [3.63, 3.8) is 0 Å². The minimum Gasteiger partial charge on any atom is -0.489 e. The van der Waals surface area contributed by atoms with Crippen LogP contribution in [0.5, 0.6) is 11.5 Å². The van der Waals surface area contributed by atoms with Crippen molar-refractivity contribution in [2.75, 3.05) is 0 Å². The summed E-state index contributed by atoms with van der Waals surface area (Å²) in [4.78, 5) is 12.5. The van der Waals surface area contributed by atoms with Crippen LogP contribution in [0.1, 0.15) is 21.5 Å². The van der Waals surface area contributed by atoms with Crippen LogP contribution >= 0.6 is 15.9 Å². The fraction of sp³-hybridized carbons (Fsp3) is 0.0417. The van der Waals surface area contributed by atoms with Crippen LogP contribution in [-0.2, 0) is 6.61 Å². The Labute approximate surface area is 172 Å². The first-order valence-corrected chi connectivity index (χ1v) is 9.65. The first-order valence-electron chi connectivity index (χ1n) is 8.86. The van der Waals surface area contributed by atoms with E-state index in [1.807, 2.05) is 66.7 Å². The molecule has 0 aliphatic carbocycles. The molecule has 28 heavy (non-hydrogen) atoms. The van der Waals surface area contributed by atoms with Crippen molar-refractivity contribution in [2.45, 2.75) is 6.61 Å². The second-order valence-corrected chi connectivity index (χ2v) is 7.22. The minimum atomic E-state index is -0.118. The lowest BCUT2D eigenvalue weighted by molar-refractivity contribution is 0.101. The van der Waals surface area contributed by atoms with E-state index in [1.54, 1.807) is 24.3 Å². The Morgan fingerprint density at radius 3 is 2.54 bits per heavy atom. The van der Waals surface area contributed by atoms with Crippen molar-refractivity contribution in [3.8, 4) is 11.5 Å². The van der Waals surface area contributed by atoms with Crippen molar-refractivity contribution < 1.29 is 14.3 Å². The molecule has 4 rings (SSSR count). The van der Waals surface area contributed by atoms with Gasteiger partial charge in [0.1, 0.15) is 18.1 Å². The molecule has 3 aromatic rings. The summed E-state index contributed by atoms with van der Waals surface area (Å²) in [6, 6.07) is 23.1. The SMILES string of the molecule is O=C1/C(=C/C=C/c2ccccc2)Oc2cc(OCc3ccc(Br)cc3)ccc21. The van der Waals surface area contributed by atoms with Gasteiger partial charge in [0, 0.05) is 10.5 Å². The Kier molecular flexibility index (Phi) is 5.40. The fourth-order valence-corrected chi connectivity index (χ4v) is 3.09. The molecule has 4 heteroatoms. The molecule has 0 atom stereocenters. The molecular formula is C24H17BrO3. The Hall–Kier alpha value is -3.11. The number of ether oxygens (including phenoxy) is 2. The summed E-state index contributed by atoms with van der Waals surface area (Å²) < 4.78 is 12.6. The molecule has 1 aliphatic rings. The molecule has 1 heterocycles. The van der Waals surface area contributed by atoms with Crippen molar-refractivity contribution >= 4 is 27.8 Å². The first kappa shape index (κ1) is 18.3. The Morgan fingerprint density at radius 1 is 0.964 bits per heavy atom. The van der Waals surface area contributed by atoms with Gasteiger partial charge in [-0.25, -0.2) is 0 Å². The lowest BCUT2D eigenvalue weighted by Gasteiger charge is -2.07. The van der Waals surface area contributed by atoms with E-state index in [0.717, 1.165) is 15.6 Å². The van der Waals surface area contributed by atoms with E-state index in [4.69, 9.17) is 9.47 Å². The van der Waals surface area contributed by atoms with Gasteiger partial charge < -0.3 is 9.47 Å². The first-order chi connectivity index (χ1) is 13.7. The maximum atomic E-state index is 12.5. The zero-order chi connectivity index (χ0) is 19.3. The van der Waals surface area contributed by atoms with Gasteiger partial charge in [-0.2, -0.15) is 0 Å². The molecule has 3 aromatic carbocycles. The second-order valence-electron chi connectivity index (χ2n) is 6.31. The Morgan fingerprint density at radius 2 is 1.75 bits per heavy atom.